The fraction of sp³-hybridized carbons (Fsp3) is 0.158. The van der Waals surface area contributed by atoms with Crippen LogP contribution in [0.15, 0.2) is 60.8 Å². The van der Waals surface area contributed by atoms with E-state index in [4.69, 9.17) is 11.6 Å². The zero-order valence-corrected chi connectivity index (χ0v) is 14.2. The molecule has 128 valence electrons. The summed E-state index contributed by atoms with van der Waals surface area (Å²) in [6.45, 7) is 0.507. The predicted molar refractivity (Wildman–Crippen MR) is 95.4 cm³/mol. The van der Waals surface area contributed by atoms with Crippen LogP contribution in [0.2, 0.25) is 5.02 Å². The zero-order valence-electron chi connectivity index (χ0n) is 13.5. The summed E-state index contributed by atoms with van der Waals surface area (Å²) in [6, 6.07) is 15.2. The molecule has 0 fully saturated rings. The maximum atomic E-state index is 12.9. The first-order valence-electron chi connectivity index (χ1n) is 7.92. The number of carbonyl (C=O) groups is 1. The second kappa shape index (κ2) is 7.94. The van der Waals surface area contributed by atoms with Crippen LogP contribution in [0.25, 0.3) is 5.69 Å². The van der Waals surface area contributed by atoms with E-state index in [1.54, 1.807) is 28.9 Å². The Morgan fingerprint density at radius 1 is 1.08 bits per heavy atom. The number of nitrogens with zero attached hydrogens (tertiary/aromatic N) is 2. The average Bonchev–Trinajstić information content (AvgIpc) is 3.06. The second-order valence-corrected chi connectivity index (χ2v) is 6.07. The van der Waals surface area contributed by atoms with E-state index >= 15 is 0 Å². The van der Waals surface area contributed by atoms with Gasteiger partial charge in [0.15, 0.2) is 0 Å². The fourth-order valence-corrected chi connectivity index (χ4v) is 2.54. The molecule has 0 unspecified atom stereocenters. The van der Waals surface area contributed by atoms with E-state index in [1.165, 1.54) is 12.1 Å². The van der Waals surface area contributed by atoms with Gasteiger partial charge in [-0.3, -0.25) is 4.79 Å². The third-order valence-corrected chi connectivity index (χ3v) is 3.97. The van der Waals surface area contributed by atoms with Crippen molar-refractivity contribution in [3.05, 3.63) is 82.9 Å². The topological polar surface area (TPSA) is 46.9 Å². The van der Waals surface area contributed by atoms with Gasteiger partial charge in [-0.2, -0.15) is 5.10 Å². The maximum absolute atomic E-state index is 12.9. The Hall–Kier alpha value is -2.66. The first kappa shape index (κ1) is 17.2. The van der Waals surface area contributed by atoms with Crippen LogP contribution >= 0.6 is 11.6 Å². The van der Waals surface area contributed by atoms with E-state index in [-0.39, 0.29) is 11.7 Å². The van der Waals surface area contributed by atoms with Crippen LogP contribution in [0, 0.1) is 5.82 Å². The highest BCUT2D eigenvalue weighted by Gasteiger charge is 2.05. The van der Waals surface area contributed by atoms with Gasteiger partial charge in [0.05, 0.1) is 17.8 Å². The van der Waals surface area contributed by atoms with Crippen molar-refractivity contribution in [2.24, 2.45) is 0 Å². The molecular weight excluding hydrogens is 341 g/mol. The third kappa shape index (κ3) is 4.90. The van der Waals surface area contributed by atoms with Crippen LogP contribution in [0.4, 0.5) is 4.39 Å². The minimum absolute atomic E-state index is 0.0414. The summed E-state index contributed by atoms with van der Waals surface area (Å²) in [6.07, 6.45) is 2.76. The molecule has 0 aliphatic rings. The highest BCUT2D eigenvalue weighted by Crippen LogP contribution is 2.10. The van der Waals surface area contributed by atoms with Crippen LogP contribution in [-0.4, -0.2) is 22.2 Å². The number of rotatable bonds is 6. The van der Waals surface area contributed by atoms with E-state index in [2.05, 4.69) is 10.4 Å². The molecule has 3 aromatic rings. The molecule has 1 heterocycles. The Kier molecular flexibility index (Phi) is 5.46. The molecule has 6 heteroatoms. The molecule has 25 heavy (non-hydrogen) atoms. The fourth-order valence-electron chi connectivity index (χ4n) is 2.41. The van der Waals surface area contributed by atoms with Crippen molar-refractivity contribution in [3.8, 4) is 5.69 Å². The lowest BCUT2D eigenvalue weighted by Crippen LogP contribution is -2.27. The monoisotopic (exact) mass is 357 g/mol. The van der Waals surface area contributed by atoms with E-state index < -0.39 is 0 Å². The lowest BCUT2D eigenvalue weighted by molar-refractivity contribution is -0.120. The van der Waals surface area contributed by atoms with Crippen molar-refractivity contribution in [1.29, 1.82) is 0 Å². The number of hydrogen-bond acceptors (Lipinski definition) is 2. The van der Waals surface area contributed by atoms with E-state index in [9.17, 15) is 9.18 Å². The smallest absolute Gasteiger partial charge is 0.224 e. The minimum Gasteiger partial charge on any atom is -0.355 e. The highest BCUT2D eigenvalue weighted by atomic mass is 35.5. The van der Waals surface area contributed by atoms with E-state index in [0.29, 0.717) is 24.4 Å². The molecule has 0 saturated carbocycles. The van der Waals surface area contributed by atoms with Crippen molar-refractivity contribution in [1.82, 2.24) is 15.1 Å². The molecule has 4 nitrogen and oxygen atoms in total. The molecule has 1 N–H and O–H groups in total. The number of halogens is 2. The van der Waals surface area contributed by atoms with Crippen molar-refractivity contribution < 1.29 is 9.18 Å². The Morgan fingerprint density at radius 2 is 1.80 bits per heavy atom. The summed E-state index contributed by atoms with van der Waals surface area (Å²) in [5, 5.41) is 7.96. The summed E-state index contributed by atoms with van der Waals surface area (Å²) in [5.74, 6) is -0.320. The van der Waals surface area contributed by atoms with Gasteiger partial charge >= 0.3 is 0 Å². The number of nitrogens with one attached hydrogen (secondary N) is 1. The van der Waals surface area contributed by atoms with Gasteiger partial charge in [0.25, 0.3) is 0 Å². The van der Waals surface area contributed by atoms with Gasteiger partial charge in [0, 0.05) is 24.2 Å². The summed E-state index contributed by atoms with van der Waals surface area (Å²) in [7, 11) is 0. The van der Waals surface area contributed by atoms with Gasteiger partial charge in [0.2, 0.25) is 5.91 Å². The van der Waals surface area contributed by atoms with Gasteiger partial charge in [-0.1, -0.05) is 23.7 Å². The Bertz CT molecular complexity index is 844. The van der Waals surface area contributed by atoms with Gasteiger partial charge in [-0.05, 0) is 48.0 Å². The molecule has 1 aromatic heterocycles. The summed E-state index contributed by atoms with van der Waals surface area (Å²) < 4.78 is 14.6. The SMILES string of the molecule is O=C(Cc1ccc(Cl)cc1)NCCc1ccn(-c2ccc(F)cc2)n1. The summed E-state index contributed by atoms with van der Waals surface area (Å²) in [5.41, 5.74) is 2.57. The Morgan fingerprint density at radius 3 is 2.52 bits per heavy atom. The lowest BCUT2D eigenvalue weighted by Gasteiger charge is -2.05. The predicted octanol–water partition coefficient (Wildman–Crippen LogP) is 3.57. The van der Waals surface area contributed by atoms with Crippen molar-refractivity contribution in [2.45, 2.75) is 12.8 Å². The van der Waals surface area contributed by atoms with Crippen LogP contribution in [0.3, 0.4) is 0 Å². The molecule has 0 radical (unpaired) electrons. The van der Waals surface area contributed by atoms with Gasteiger partial charge in [-0.15, -0.1) is 0 Å². The number of amides is 1. The van der Waals surface area contributed by atoms with Crippen LogP contribution in [-0.2, 0) is 17.6 Å². The van der Waals surface area contributed by atoms with E-state index in [1.807, 2.05) is 24.4 Å². The minimum atomic E-state index is -0.278. The third-order valence-electron chi connectivity index (χ3n) is 3.72. The number of benzene rings is 2. The van der Waals surface area contributed by atoms with Crippen molar-refractivity contribution in [3.63, 3.8) is 0 Å². The van der Waals surface area contributed by atoms with Crippen LogP contribution in [0.1, 0.15) is 11.3 Å². The normalized spacial score (nSPS) is 10.6. The van der Waals surface area contributed by atoms with Crippen LogP contribution in [0.5, 0.6) is 0 Å². The molecule has 1 amide bonds. The molecule has 0 spiro atoms. The van der Waals surface area contributed by atoms with Crippen LogP contribution < -0.4 is 5.32 Å². The highest BCUT2D eigenvalue weighted by molar-refractivity contribution is 6.30. The summed E-state index contributed by atoms with van der Waals surface area (Å²) >= 11 is 5.83. The standard InChI is InChI=1S/C19H17ClFN3O/c20-15-3-1-14(2-4-15)13-19(25)22-11-9-17-10-12-24(23-17)18-7-5-16(21)6-8-18/h1-8,10,12H,9,11,13H2,(H,22,25). The molecule has 0 bridgehead atoms. The first-order chi connectivity index (χ1) is 12.1. The molecule has 0 atom stereocenters. The zero-order chi connectivity index (χ0) is 17.6. The quantitative estimate of drug-likeness (QED) is 0.733. The molecule has 3 rings (SSSR count). The van der Waals surface area contributed by atoms with Crippen molar-refractivity contribution >= 4 is 17.5 Å². The largest absolute Gasteiger partial charge is 0.355 e. The Labute approximate surface area is 150 Å². The lowest BCUT2D eigenvalue weighted by atomic mass is 10.1. The first-order valence-corrected chi connectivity index (χ1v) is 8.29. The Balaban J connectivity index is 1.48. The number of hydrogen-bond donors (Lipinski definition) is 1. The summed E-state index contributed by atoms with van der Waals surface area (Å²) in [4.78, 5) is 11.9. The second-order valence-electron chi connectivity index (χ2n) is 5.63. The molecule has 0 aliphatic carbocycles. The number of carbonyl (C=O) groups excluding carboxylic acids is 1. The van der Waals surface area contributed by atoms with Crippen molar-refractivity contribution in [2.75, 3.05) is 6.54 Å². The van der Waals surface area contributed by atoms with Gasteiger partial charge in [0.1, 0.15) is 5.82 Å². The van der Waals surface area contributed by atoms with E-state index in [0.717, 1.165) is 16.9 Å². The number of aromatic nitrogens is 2. The molecular formula is C19H17ClFN3O. The van der Waals surface area contributed by atoms with Gasteiger partial charge < -0.3 is 5.32 Å². The maximum Gasteiger partial charge on any atom is 0.224 e. The molecule has 0 aliphatic heterocycles. The van der Waals surface area contributed by atoms with Gasteiger partial charge in [-0.25, -0.2) is 9.07 Å². The molecule has 2 aromatic carbocycles. The average molecular weight is 358 g/mol. The molecule has 0 saturated heterocycles.